The zero-order valence-corrected chi connectivity index (χ0v) is 17.0. The number of hydrogen-bond donors (Lipinski definition) is 0. The lowest BCUT2D eigenvalue weighted by Crippen LogP contribution is -2.33. The maximum Gasteiger partial charge on any atom is 0.266 e. The van der Waals surface area contributed by atoms with Gasteiger partial charge in [0.15, 0.2) is 11.5 Å². The summed E-state index contributed by atoms with van der Waals surface area (Å²) in [4.78, 5) is 24.8. The number of thiocarbonyl (C=S) groups is 1. The molecule has 0 aliphatic carbocycles. The van der Waals surface area contributed by atoms with E-state index in [0.717, 1.165) is 30.2 Å². The van der Waals surface area contributed by atoms with Gasteiger partial charge >= 0.3 is 0 Å². The molecule has 6 nitrogen and oxygen atoms in total. The SMILES string of the molecule is CCCCOc1ccc(/C=C2\SC(=S)N(CCC(=O)[O-])C2=O)cc1OCC. The Morgan fingerprint density at radius 3 is 2.74 bits per heavy atom. The van der Waals surface area contributed by atoms with Crippen LogP contribution in [0.4, 0.5) is 0 Å². The monoisotopic (exact) mass is 408 g/mol. The average molecular weight is 409 g/mol. The zero-order chi connectivity index (χ0) is 19.8. The van der Waals surface area contributed by atoms with E-state index in [9.17, 15) is 14.7 Å². The number of amides is 1. The van der Waals surface area contributed by atoms with Gasteiger partial charge in [-0.05, 0) is 37.1 Å². The molecule has 1 aromatic carbocycles. The first-order valence-electron chi connectivity index (χ1n) is 8.81. The van der Waals surface area contributed by atoms with E-state index in [-0.39, 0.29) is 18.9 Å². The van der Waals surface area contributed by atoms with Crippen molar-refractivity contribution >= 4 is 46.3 Å². The fraction of sp³-hybridized carbons (Fsp3) is 0.421. The van der Waals surface area contributed by atoms with Gasteiger partial charge in [-0.2, -0.15) is 0 Å². The molecule has 0 unspecified atom stereocenters. The van der Waals surface area contributed by atoms with Gasteiger partial charge in [0.1, 0.15) is 4.32 Å². The fourth-order valence-corrected chi connectivity index (χ4v) is 3.68. The number of carbonyl (C=O) groups excluding carboxylic acids is 2. The van der Waals surface area contributed by atoms with Crippen molar-refractivity contribution in [2.75, 3.05) is 19.8 Å². The van der Waals surface area contributed by atoms with Gasteiger partial charge in [0, 0.05) is 18.9 Å². The molecule has 0 saturated carbocycles. The van der Waals surface area contributed by atoms with E-state index < -0.39 is 5.97 Å². The number of thioether (sulfide) groups is 1. The summed E-state index contributed by atoms with van der Waals surface area (Å²) in [5.41, 5.74) is 0.779. The number of ether oxygens (including phenoxy) is 2. The minimum atomic E-state index is -1.21. The van der Waals surface area contributed by atoms with Crippen molar-refractivity contribution in [2.24, 2.45) is 0 Å². The number of unbranched alkanes of at least 4 members (excludes halogenated alkanes) is 1. The first-order chi connectivity index (χ1) is 13.0. The third kappa shape index (κ3) is 5.97. The summed E-state index contributed by atoms with van der Waals surface area (Å²) < 4.78 is 11.8. The molecule has 8 heteroatoms. The molecule has 0 atom stereocenters. The number of rotatable bonds is 10. The van der Waals surface area contributed by atoms with Gasteiger partial charge in [-0.1, -0.05) is 43.4 Å². The Morgan fingerprint density at radius 2 is 2.07 bits per heavy atom. The van der Waals surface area contributed by atoms with E-state index in [4.69, 9.17) is 21.7 Å². The van der Waals surface area contributed by atoms with Crippen molar-refractivity contribution in [3.8, 4) is 11.5 Å². The Kier molecular flexibility index (Phi) is 8.12. The lowest BCUT2D eigenvalue weighted by Gasteiger charge is -2.14. The Bertz CT molecular complexity index is 748. The second-order valence-electron chi connectivity index (χ2n) is 5.80. The summed E-state index contributed by atoms with van der Waals surface area (Å²) in [6, 6.07) is 5.49. The summed E-state index contributed by atoms with van der Waals surface area (Å²) in [5.74, 6) is -0.223. The standard InChI is InChI=1S/C19H23NO5S2/c1-3-5-10-25-14-7-6-13(11-15(14)24-4-2)12-16-18(23)20(19(26)27-16)9-8-17(21)22/h6-7,11-12H,3-5,8-10H2,1-2H3,(H,21,22)/p-1/b16-12-. The van der Waals surface area contributed by atoms with E-state index in [2.05, 4.69) is 6.92 Å². The van der Waals surface area contributed by atoms with Gasteiger partial charge in [0.2, 0.25) is 0 Å². The molecular weight excluding hydrogens is 386 g/mol. The van der Waals surface area contributed by atoms with E-state index >= 15 is 0 Å². The van der Waals surface area contributed by atoms with Gasteiger partial charge in [0.05, 0.1) is 18.1 Å². The van der Waals surface area contributed by atoms with Crippen LogP contribution in [0.2, 0.25) is 0 Å². The van der Waals surface area contributed by atoms with Gasteiger partial charge in [0.25, 0.3) is 5.91 Å². The number of hydrogen-bond acceptors (Lipinski definition) is 7. The Balaban J connectivity index is 2.17. The summed E-state index contributed by atoms with van der Waals surface area (Å²) in [5, 5.41) is 10.6. The van der Waals surface area contributed by atoms with Gasteiger partial charge in [-0.3, -0.25) is 9.69 Å². The molecule has 0 bridgehead atoms. The number of aliphatic carboxylic acids is 1. The molecule has 1 aromatic rings. The lowest BCUT2D eigenvalue weighted by molar-refractivity contribution is -0.305. The van der Waals surface area contributed by atoms with Gasteiger partial charge in [-0.15, -0.1) is 0 Å². The summed E-state index contributed by atoms with van der Waals surface area (Å²) >= 11 is 6.33. The van der Waals surface area contributed by atoms with Gasteiger partial charge in [-0.25, -0.2) is 0 Å². The highest BCUT2D eigenvalue weighted by molar-refractivity contribution is 8.26. The van der Waals surface area contributed by atoms with Crippen molar-refractivity contribution in [3.05, 3.63) is 28.7 Å². The third-order valence-corrected chi connectivity index (χ3v) is 5.11. The smallest absolute Gasteiger partial charge is 0.266 e. The average Bonchev–Trinajstić information content (AvgIpc) is 2.88. The lowest BCUT2D eigenvalue weighted by atomic mass is 10.2. The molecule has 1 heterocycles. The molecule has 1 fully saturated rings. The van der Waals surface area contributed by atoms with Crippen LogP contribution < -0.4 is 14.6 Å². The molecule has 0 N–H and O–H groups in total. The van der Waals surface area contributed by atoms with Crippen LogP contribution in [-0.2, 0) is 9.59 Å². The Morgan fingerprint density at radius 1 is 1.30 bits per heavy atom. The molecule has 0 radical (unpaired) electrons. The molecule has 1 aliphatic heterocycles. The van der Waals surface area contributed by atoms with Crippen LogP contribution in [0.3, 0.4) is 0 Å². The van der Waals surface area contributed by atoms with Crippen LogP contribution in [0.5, 0.6) is 11.5 Å². The Hall–Kier alpha value is -2.06. The molecule has 1 aliphatic rings. The van der Waals surface area contributed by atoms with Crippen molar-refractivity contribution < 1.29 is 24.2 Å². The molecule has 0 aromatic heterocycles. The molecule has 27 heavy (non-hydrogen) atoms. The van der Waals surface area contributed by atoms with Crippen LogP contribution in [0.15, 0.2) is 23.1 Å². The number of nitrogens with zero attached hydrogens (tertiary/aromatic N) is 1. The van der Waals surface area contributed by atoms with E-state index in [1.807, 2.05) is 25.1 Å². The van der Waals surface area contributed by atoms with Crippen LogP contribution in [0.1, 0.15) is 38.7 Å². The molecule has 1 saturated heterocycles. The highest BCUT2D eigenvalue weighted by Crippen LogP contribution is 2.35. The van der Waals surface area contributed by atoms with E-state index in [1.54, 1.807) is 6.08 Å². The quantitative estimate of drug-likeness (QED) is 0.334. The molecule has 0 spiro atoms. The largest absolute Gasteiger partial charge is 0.550 e. The minimum absolute atomic E-state index is 0.0126. The molecule has 2 rings (SSSR count). The summed E-state index contributed by atoms with van der Waals surface area (Å²) in [7, 11) is 0. The fourth-order valence-electron chi connectivity index (χ4n) is 2.38. The van der Waals surface area contributed by atoms with Crippen molar-refractivity contribution in [3.63, 3.8) is 0 Å². The first-order valence-corrected chi connectivity index (χ1v) is 10.0. The first kappa shape index (κ1) is 21.2. The topological polar surface area (TPSA) is 78.9 Å². The summed E-state index contributed by atoms with van der Waals surface area (Å²) in [6.45, 7) is 5.12. The van der Waals surface area contributed by atoms with E-state index in [1.165, 1.54) is 4.90 Å². The van der Waals surface area contributed by atoms with Crippen LogP contribution in [-0.4, -0.2) is 40.9 Å². The van der Waals surface area contributed by atoms with Gasteiger partial charge < -0.3 is 19.4 Å². The maximum atomic E-state index is 12.5. The molecular formula is C19H22NO5S2-. The van der Waals surface area contributed by atoms with Crippen molar-refractivity contribution in [1.29, 1.82) is 0 Å². The highest BCUT2D eigenvalue weighted by atomic mass is 32.2. The van der Waals surface area contributed by atoms with Crippen molar-refractivity contribution in [2.45, 2.75) is 33.1 Å². The zero-order valence-electron chi connectivity index (χ0n) is 15.4. The van der Waals surface area contributed by atoms with Crippen molar-refractivity contribution in [1.82, 2.24) is 4.90 Å². The summed E-state index contributed by atoms with van der Waals surface area (Å²) in [6.07, 6.45) is 3.47. The van der Waals surface area contributed by atoms with Crippen LogP contribution >= 0.6 is 24.0 Å². The second-order valence-corrected chi connectivity index (χ2v) is 7.47. The third-order valence-electron chi connectivity index (χ3n) is 3.73. The number of carbonyl (C=O) groups is 2. The highest BCUT2D eigenvalue weighted by Gasteiger charge is 2.31. The number of carboxylic acids is 1. The predicted molar refractivity (Wildman–Crippen MR) is 108 cm³/mol. The molecule has 146 valence electrons. The van der Waals surface area contributed by atoms with Crippen LogP contribution in [0, 0.1) is 0 Å². The Labute approximate surface area is 168 Å². The predicted octanol–water partition coefficient (Wildman–Crippen LogP) is 2.61. The number of benzene rings is 1. The molecule has 1 amide bonds. The normalized spacial score (nSPS) is 15.5. The number of carboxylic acid groups (broad SMARTS) is 1. The minimum Gasteiger partial charge on any atom is -0.550 e. The second kappa shape index (κ2) is 10.3. The van der Waals surface area contributed by atoms with Crippen LogP contribution in [0.25, 0.3) is 6.08 Å². The van der Waals surface area contributed by atoms with E-state index in [0.29, 0.717) is 33.9 Å². The maximum absolute atomic E-state index is 12.5.